The zero-order valence-electron chi connectivity index (χ0n) is 22.7. The second kappa shape index (κ2) is 13.1. The van der Waals surface area contributed by atoms with Crippen molar-refractivity contribution in [3.8, 4) is 0 Å². The van der Waals surface area contributed by atoms with Crippen molar-refractivity contribution in [3.05, 3.63) is 68.7 Å². The Balaban J connectivity index is 1.62. The third kappa shape index (κ3) is 8.09. The predicted octanol–water partition coefficient (Wildman–Crippen LogP) is 8.07. The van der Waals surface area contributed by atoms with Gasteiger partial charge in [0.1, 0.15) is 0 Å². The van der Waals surface area contributed by atoms with Crippen LogP contribution in [0.25, 0.3) is 0 Å². The SMILES string of the molecule is CC(=O)N(Cc1cc(C(F)(F)F)cc(C(F)(F)F)c1)CC(c1cccc(Cl)c1Cl)N1CCC(N2CCCCC2)CC1. The fourth-order valence-electron chi connectivity index (χ4n) is 5.88. The van der Waals surface area contributed by atoms with Crippen molar-refractivity contribution < 1.29 is 31.1 Å². The maximum atomic E-state index is 13.5. The van der Waals surface area contributed by atoms with Crippen LogP contribution in [-0.2, 0) is 23.7 Å². The van der Waals surface area contributed by atoms with E-state index in [1.165, 1.54) is 31.1 Å². The third-order valence-electron chi connectivity index (χ3n) is 8.05. The molecular formula is C29H33Cl2F6N3O. The predicted molar refractivity (Wildman–Crippen MR) is 147 cm³/mol. The first kappa shape index (κ1) is 31.9. The molecule has 1 unspecified atom stereocenters. The zero-order chi connectivity index (χ0) is 29.9. The molecule has 0 saturated carbocycles. The average molecular weight is 624 g/mol. The third-order valence-corrected chi connectivity index (χ3v) is 8.88. The highest BCUT2D eigenvalue weighted by molar-refractivity contribution is 6.42. The Bertz CT molecular complexity index is 1180. The molecule has 0 aliphatic carbocycles. The van der Waals surface area contributed by atoms with Gasteiger partial charge in [-0.25, -0.2) is 0 Å². The molecule has 4 nitrogen and oxygen atoms in total. The number of benzene rings is 2. The minimum atomic E-state index is -4.98. The van der Waals surface area contributed by atoms with Crippen molar-refractivity contribution in [2.24, 2.45) is 0 Å². The summed E-state index contributed by atoms with van der Waals surface area (Å²) >= 11 is 12.9. The van der Waals surface area contributed by atoms with E-state index in [4.69, 9.17) is 23.2 Å². The second-order valence-corrected chi connectivity index (χ2v) is 11.6. The van der Waals surface area contributed by atoms with Crippen LogP contribution in [0.1, 0.15) is 67.3 Å². The van der Waals surface area contributed by atoms with Gasteiger partial charge in [0.05, 0.1) is 27.2 Å². The summed E-state index contributed by atoms with van der Waals surface area (Å²) < 4.78 is 80.8. The summed E-state index contributed by atoms with van der Waals surface area (Å²) in [5.41, 5.74) is -2.44. The van der Waals surface area contributed by atoms with Gasteiger partial charge in [-0.05, 0) is 74.2 Å². The summed E-state index contributed by atoms with van der Waals surface area (Å²) in [4.78, 5) is 18.7. The number of rotatable bonds is 7. The van der Waals surface area contributed by atoms with Crippen LogP contribution in [0.5, 0.6) is 0 Å². The van der Waals surface area contributed by atoms with Crippen LogP contribution in [0.4, 0.5) is 26.3 Å². The number of nitrogens with zero attached hydrogens (tertiary/aromatic N) is 3. The minimum absolute atomic E-state index is 0.0153. The lowest BCUT2D eigenvalue weighted by atomic mass is 9.96. The molecule has 1 amide bonds. The highest BCUT2D eigenvalue weighted by atomic mass is 35.5. The van der Waals surface area contributed by atoms with E-state index >= 15 is 0 Å². The van der Waals surface area contributed by atoms with Crippen molar-refractivity contribution in [1.29, 1.82) is 0 Å². The first-order valence-corrected chi connectivity index (χ1v) is 14.5. The maximum Gasteiger partial charge on any atom is 0.416 e. The van der Waals surface area contributed by atoms with Gasteiger partial charge >= 0.3 is 12.4 Å². The number of piperidine rings is 2. The molecule has 2 aromatic carbocycles. The van der Waals surface area contributed by atoms with Crippen LogP contribution in [-0.4, -0.2) is 59.4 Å². The Morgan fingerprint density at radius 1 is 0.927 bits per heavy atom. The van der Waals surface area contributed by atoms with Gasteiger partial charge in [-0.1, -0.05) is 41.8 Å². The largest absolute Gasteiger partial charge is 0.416 e. The normalized spacial score (nSPS) is 18.9. The molecule has 0 spiro atoms. The van der Waals surface area contributed by atoms with Crippen molar-refractivity contribution in [1.82, 2.24) is 14.7 Å². The van der Waals surface area contributed by atoms with E-state index < -0.39 is 42.0 Å². The van der Waals surface area contributed by atoms with E-state index in [0.29, 0.717) is 46.9 Å². The lowest BCUT2D eigenvalue weighted by molar-refractivity contribution is -0.143. The summed E-state index contributed by atoms with van der Waals surface area (Å²) in [5, 5.41) is 0.624. The molecule has 0 bridgehead atoms. The van der Waals surface area contributed by atoms with Crippen LogP contribution in [0.3, 0.4) is 0 Å². The van der Waals surface area contributed by atoms with E-state index in [9.17, 15) is 31.1 Å². The smallest absolute Gasteiger partial charge is 0.337 e. The highest BCUT2D eigenvalue weighted by Gasteiger charge is 2.38. The number of halogens is 8. The molecule has 4 rings (SSSR count). The summed E-state index contributed by atoms with van der Waals surface area (Å²) in [6.45, 7) is 4.37. The lowest BCUT2D eigenvalue weighted by Gasteiger charge is -2.44. The van der Waals surface area contributed by atoms with Crippen LogP contribution in [0.15, 0.2) is 36.4 Å². The first-order chi connectivity index (χ1) is 19.2. The zero-order valence-corrected chi connectivity index (χ0v) is 24.2. The number of amides is 1. The van der Waals surface area contributed by atoms with Gasteiger partial charge in [0.25, 0.3) is 0 Å². The Hall–Kier alpha value is -2.01. The van der Waals surface area contributed by atoms with E-state index in [1.54, 1.807) is 18.2 Å². The van der Waals surface area contributed by atoms with Gasteiger partial charge in [0.2, 0.25) is 5.91 Å². The molecule has 2 aliphatic heterocycles. The standard InChI is InChI=1S/C29H33Cl2F6N3O/c1-19(41)40(17-20-14-21(28(32,33)34)16-22(15-20)29(35,36)37)18-26(24-6-5-7-25(30)27(24)31)39-12-8-23(9-13-39)38-10-3-2-4-11-38/h5-7,14-16,23,26H,2-4,8-13,17-18H2,1H3. The minimum Gasteiger partial charge on any atom is -0.337 e. The van der Waals surface area contributed by atoms with Crippen LogP contribution < -0.4 is 0 Å². The highest BCUT2D eigenvalue weighted by Crippen LogP contribution is 2.38. The molecule has 12 heteroatoms. The molecule has 226 valence electrons. The molecule has 0 radical (unpaired) electrons. The van der Waals surface area contributed by atoms with Crippen LogP contribution >= 0.6 is 23.2 Å². The molecule has 2 saturated heterocycles. The van der Waals surface area contributed by atoms with Crippen LogP contribution in [0.2, 0.25) is 10.0 Å². The van der Waals surface area contributed by atoms with E-state index in [-0.39, 0.29) is 18.2 Å². The molecule has 1 atom stereocenters. The van der Waals surface area contributed by atoms with Gasteiger partial charge in [-0.15, -0.1) is 0 Å². The number of carbonyl (C=O) groups is 1. The van der Waals surface area contributed by atoms with E-state index in [0.717, 1.165) is 25.9 Å². The average Bonchev–Trinajstić information content (AvgIpc) is 2.92. The fourth-order valence-corrected chi connectivity index (χ4v) is 6.31. The molecule has 2 aromatic rings. The van der Waals surface area contributed by atoms with E-state index in [1.807, 2.05) is 0 Å². The van der Waals surface area contributed by atoms with Gasteiger partial charge in [0.15, 0.2) is 0 Å². The number of hydrogen-bond acceptors (Lipinski definition) is 3. The molecular weight excluding hydrogens is 591 g/mol. The summed E-state index contributed by atoms with van der Waals surface area (Å²) in [6.07, 6.45) is -4.56. The molecule has 2 aliphatic rings. The molecule has 2 fully saturated rings. The molecule has 0 N–H and O–H groups in total. The van der Waals surface area contributed by atoms with Crippen molar-refractivity contribution >= 4 is 29.1 Å². The monoisotopic (exact) mass is 623 g/mol. The summed E-state index contributed by atoms with van der Waals surface area (Å²) in [7, 11) is 0. The Morgan fingerprint density at radius 2 is 1.51 bits per heavy atom. The Kier molecular flexibility index (Phi) is 10.2. The lowest BCUT2D eigenvalue weighted by Crippen LogP contribution is -2.49. The second-order valence-electron chi connectivity index (χ2n) is 10.8. The van der Waals surface area contributed by atoms with Crippen LogP contribution in [0, 0.1) is 0 Å². The quantitative estimate of drug-likeness (QED) is 0.292. The summed E-state index contributed by atoms with van der Waals surface area (Å²) in [6, 6.07) is 6.56. The number of carbonyl (C=O) groups excluding carboxylic acids is 1. The first-order valence-electron chi connectivity index (χ1n) is 13.7. The van der Waals surface area contributed by atoms with Crippen molar-refractivity contribution in [2.45, 2.75) is 70.0 Å². The molecule has 0 aromatic heterocycles. The van der Waals surface area contributed by atoms with E-state index in [2.05, 4.69) is 9.80 Å². The summed E-state index contributed by atoms with van der Waals surface area (Å²) in [5.74, 6) is -0.484. The van der Waals surface area contributed by atoms with Gasteiger partial charge in [-0.2, -0.15) is 26.3 Å². The number of hydrogen-bond donors (Lipinski definition) is 0. The van der Waals surface area contributed by atoms with Crippen molar-refractivity contribution in [3.63, 3.8) is 0 Å². The van der Waals surface area contributed by atoms with Gasteiger partial charge in [-0.3, -0.25) is 9.69 Å². The maximum absolute atomic E-state index is 13.5. The topological polar surface area (TPSA) is 26.8 Å². The molecule has 41 heavy (non-hydrogen) atoms. The van der Waals surface area contributed by atoms with Gasteiger partial charge in [0, 0.05) is 39.1 Å². The van der Waals surface area contributed by atoms with Crippen molar-refractivity contribution in [2.75, 3.05) is 32.7 Å². The number of likely N-dealkylation sites (tertiary alicyclic amines) is 2. The van der Waals surface area contributed by atoms with Gasteiger partial charge < -0.3 is 9.80 Å². The Morgan fingerprint density at radius 3 is 2.05 bits per heavy atom. The fraction of sp³-hybridized carbons (Fsp3) is 0.552. The Labute approximate surface area is 246 Å². The number of alkyl halides is 6. The molecule has 2 heterocycles.